The molecule has 6 nitrogen and oxygen atoms in total. The van der Waals surface area contributed by atoms with Crippen LogP contribution in [0.5, 0.6) is 0 Å². The van der Waals surface area contributed by atoms with Gasteiger partial charge >= 0.3 is 12.4 Å². The van der Waals surface area contributed by atoms with Crippen molar-refractivity contribution < 1.29 is 35.6 Å². The zero-order valence-corrected chi connectivity index (χ0v) is 15.8. The van der Waals surface area contributed by atoms with Crippen molar-refractivity contribution in [3.63, 3.8) is 0 Å². The number of nitrogens with one attached hydrogen (secondary N) is 1. The van der Waals surface area contributed by atoms with Crippen molar-refractivity contribution in [2.45, 2.75) is 12.4 Å². The number of nitrogens with zero attached hydrogens (tertiary/aromatic N) is 3. The Morgan fingerprint density at radius 1 is 1.06 bits per heavy atom. The van der Waals surface area contributed by atoms with Crippen LogP contribution in [0.4, 0.5) is 37.8 Å². The number of hydrogen-bond donors (Lipinski definition) is 1. The first kappa shape index (κ1) is 22.1. The molecule has 0 bridgehead atoms. The van der Waals surface area contributed by atoms with Crippen molar-refractivity contribution >= 4 is 17.4 Å². The van der Waals surface area contributed by atoms with Crippen molar-refractivity contribution in [3.05, 3.63) is 60.1 Å². The van der Waals surface area contributed by atoms with Crippen LogP contribution in [0, 0.1) is 0 Å². The molecule has 0 saturated carbocycles. The first-order valence-corrected chi connectivity index (χ1v) is 8.63. The van der Waals surface area contributed by atoms with Gasteiger partial charge in [0, 0.05) is 12.6 Å². The molecule has 0 radical (unpaired) electrons. The van der Waals surface area contributed by atoms with Gasteiger partial charge in [-0.05, 0) is 24.3 Å². The molecule has 0 aliphatic rings. The van der Waals surface area contributed by atoms with Gasteiger partial charge in [-0.15, -0.1) is 0 Å². The van der Waals surface area contributed by atoms with Crippen LogP contribution >= 0.6 is 0 Å². The Balaban J connectivity index is 1.82. The third-order valence-corrected chi connectivity index (χ3v) is 3.93. The number of pyridine rings is 1. The number of oxazole rings is 1. The van der Waals surface area contributed by atoms with E-state index in [1.54, 1.807) is 18.2 Å². The first-order chi connectivity index (χ1) is 14.4. The molecule has 0 saturated heterocycles. The first-order valence-electron chi connectivity index (χ1n) is 8.63. The van der Waals surface area contributed by atoms with Gasteiger partial charge in [0.2, 0.25) is 11.7 Å². The fourth-order valence-corrected chi connectivity index (χ4v) is 2.60. The lowest BCUT2D eigenvalue weighted by Gasteiger charge is -2.19. The maximum absolute atomic E-state index is 13.3. The number of halogens is 6. The van der Waals surface area contributed by atoms with Crippen LogP contribution in [-0.4, -0.2) is 35.6 Å². The fraction of sp³-hybridized carbons (Fsp3) is 0.211. The van der Waals surface area contributed by atoms with Gasteiger partial charge in [-0.25, -0.2) is 9.97 Å². The highest BCUT2D eigenvalue weighted by atomic mass is 19.4. The lowest BCUT2D eigenvalue weighted by Crippen LogP contribution is -2.31. The van der Waals surface area contributed by atoms with E-state index in [0.717, 1.165) is 11.1 Å². The van der Waals surface area contributed by atoms with Crippen LogP contribution in [0.3, 0.4) is 0 Å². The highest BCUT2D eigenvalue weighted by Crippen LogP contribution is 2.35. The van der Waals surface area contributed by atoms with Crippen LogP contribution in [0.1, 0.15) is 16.2 Å². The Kier molecular flexibility index (Phi) is 5.91. The summed E-state index contributed by atoms with van der Waals surface area (Å²) < 4.78 is 82.2. The number of carbonyl (C=O) groups excluding carboxylic acids is 1. The summed E-state index contributed by atoms with van der Waals surface area (Å²) in [6.45, 7) is -1.25. The van der Waals surface area contributed by atoms with Crippen LogP contribution in [0.25, 0.3) is 11.5 Å². The quantitative estimate of drug-likeness (QED) is 0.561. The number of hydrogen-bond acceptors (Lipinski definition) is 5. The zero-order chi connectivity index (χ0) is 22.8. The minimum atomic E-state index is -4.98. The lowest BCUT2D eigenvalue weighted by atomic mass is 10.2. The van der Waals surface area contributed by atoms with E-state index < -0.39 is 36.3 Å². The molecule has 2 aromatic heterocycles. The summed E-state index contributed by atoms with van der Waals surface area (Å²) in [5, 5.41) is 2.19. The van der Waals surface area contributed by atoms with Gasteiger partial charge in [0.1, 0.15) is 12.4 Å². The molecule has 164 valence electrons. The fourth-order valence-electron chi connectivity index (χ4n) is 2.60. The molecule has 3 rings (SSSR count). The zero-order valence-electron chi connectivity index (χ0n) is 15.8. The van der Waals surface area contributed by atoms with E-state index in [2.05, 4.69) is 15.3 Å². The van der Waals surface area contributed by atoms with E-state index in [-0.39, 0.29) is 23.0 Å². The topological polar surface area (TPSA) is 71.3 Å². The molecule has 2 heterocycles. The molecule has 0 atom stereocenters. The van der Waals surface area contributed by atoms with Crippen LogP contribution < -0.4 is 10.2 Å². The molecular formula is C19H14F6N4O2. The van der Waals surface area contributed by atoms with E-state index in [1.165, 1.54) is 31.3 Å². The maximum atomic E-state index is 13.3. The number of amides is 1. The second kappa shape index (κ2) is 8.28. The number of carbonyl (C=O) groups is 1. The Morgan fingerprint density at radius 3 is 2.29 bits per heavy atom. The number of alkyl halides is 6. The minimum Gasteiger partial charge on any atom is -0.431 e. The molecule has 12 heteroatoms. The molecule has 0 spiro atoms. The summed E-state index contributed by atoms with van der Waals surface area (Å²) in [5.41, 5.74) is -0.776. The van der Waals surface area contributed by atoms with Gasteiger partial charge in [0.25, 0.3) is 5.91 Å². The molecular weight excluding hydrogens is 430 g/mol. The van der Waals surface area contributed by atoms with Crippen LogP contribution in [0.15, 0.2) is 53.1 Å². The normalized spacial score (nSPS) is 12.0. The summed E-state index contributed by atoms with van der Waals surface area (Å²) >= 11 is 0. The van der Waals surface area contributed by atoms with E-state index in [4.69, 9.17) is 4.42 Å². The van der Waals surface area contributed by atoms with Gasteiger partial charge < -0.3 is 14.6 Å². The summed E-state index contributed by atoms with van der Waals surface area (Å²) in [7, 11) is 1.17. The third-order valence-electron chi connectivity index (χ3n) is 3.93. The monoisotopic (exact) mass is 444 g/mol. The van der Waals surface area contributed by atoms with Crippen molar-refractivity contribution in [3.8, 4) is 11.5 Å². The summed E-state index contributed by atoms with van der Waals surface area (Å²) in [4.78, 5) is 20.7. The standard InChI is InChI=1S/C19H14F6N4O2/c1-29(10-18(20,21)22)13-8-7-12(9-26-13)27-16(30)14-15(19(23,24)25)31-17(28-14)11-5-3-2-4-6-11/h2-9H,10H2,1H3,(H,27,30). The summed E-state index contributed by atoms with van der Waals surface area (Å²) in [6.07, 6.45) is -8.40. The highest BCUT2D eigenvalue weighted by Gasteiger charge is 2.42. The SMILES string of the molecule is CN(CC(F)(F)F)c1ccc(NC(=O)c2nc(-c3ccccc3)oc2C(F)(F)F)cn1. The second-order valence-corrected chi connectivity index (χ2v) is 6.39. The van der Waals surface area contributed by atoms with Gasteiger partial charge in [0.05, 0.1) is 11.9 Å². The maximum Gasteiger partial charge on any atom is 0.452 e. The number of benzene rings is 1. The van der Waals surface area contributed by atoms with Crippen LogP contribution in [-0.2, 0) is 6.18 Å². The summed E-state index contributed by atoms with van der Waals surface area (Å²) in [5.74, 6) is -3.21. The van der Waals surface area contributed by atoms with Crippen molar-refractivity contribution in [2.75, 3.05) is 23.8 Å². The molecule has 3 aromatic rings. The number of anilines is 2. The molecule has 0 unspecified atom stereocenters. The molecule has 1 aromatic carbocycles. The third kappa shape index (κ3) is 5.53. The Morgan fingerprint density at radius 2 is 1.74 bits per heavy atom. The Hall–Kier alpha value is -3.57. The Bertz CT molecular complexity index is 1050. The van der Waals surface area contributed by atoms with Crippen LogP contribution in [0.2, 0.25) is 0 Å². The second-order valence-electron chi connectivity index (χ2n) is 6.39. The molecule has 0 aliphatic heterocycles. The van der Waals surface area contributed by atoms with E-state index >= 15 is 0 Å². The highest BCUT2D eigenvalue weighted by molar-refractivity contribution is 6.04. The number of rotatable bonds is 5. The van der Waals surface area contributed by atoms with Crippen molar-refractivity contribution in [1.29, 1.82) is 0 Å². The smallest absolute Gasteiger partial charge is 0.431 e. The largest absolute Gasteiger partial charge is 0.452 e. The van der Waals surface area contributed by atoms with E-state index in [1.807, 2.05) is 0 Å². The predicted octanol–water partition coefficient (Wildman–Crippen LogP) is 5.01. The lowest BCUT2D eigenvalue weighted by molar-refractivity contribution is -0.153. The molecule has 0 aliphatic carbocycles. The van der Waals surface area contributed by atoms with E-state index in [0.29, 0.717) is 0 Å². The average Bonchev–Trinajstić information content (AvgIpc) is 3.14. The van der Waals surface area contributed by atoms with Gasteiger partial charge in [-0.3, -0.25) is 4.79 Å². The number of aromatic nitrogens is 2. The van der Waals surface area contributed by atoms with Gasteiger partial charge in [-0.2, -0.15) is 26.3 Å². The molecule has 1 N–H and O–H groups in total. The van der Waals surface area contributed by atoms with E-state index in [9.17, 15) is 31.1 Å². The average molecular weight is 444 g/mol. The molecule has 0 fully saturated rings. The minimum absolute atomic E-state index is 0.0356. The summed E-state index contributed by atoms with van der Waals surface area (Å²) in [6, 6.07) is 10.1. The molecule has 1 amide bonds. The predicted molar refractivity (Wildman–Crippen MR) is 98.5 cm³/mol. The van der Waals surface area contributed by atoms with Crippen molar-refractivity contribution in [2.24, 2.45) is 0 Å². The van der Waals surface area contributed by atoms with Gasteiger partial charge in [0.15, 0.2) is 5.69 Å². The van der Waals surface area contributed by atoms with Crippen molar-refractivity contribution in [1.82, 2.24) is 9.97 Å². The van der Waals surface area contributed by atoms with Gasteiger partial charge in [-0.1, -0.05) is 18.2 Å². The molecule has 31 heavy (non-hydrogen) atoms. The Labute approximate surface area is 171 Å².